The molecule has 15 heavy (non-hydrogen) atoms. The van der Waals surface area contributed by atoms with Gasteiger partial charge in [0.15, 0.2) is 0 Å². The van der Waals surface area contributed by atoms with Crippen molar-refractivity contribution in [2.24, 2.45) is 0 Å². The van der Waals surface area contributed by atoms with Gasteiger partial charge in [0.25, 0.3) is 0 Å². The van der Waals surface area contributed by atoms with Crippen LogP contribution in [-0.4, -0.2) is 29.7 Å². The van der Waals surface area contributed by atoms with Gasteiger partial charge in [-0.2, -0.15) is 0 Å². The summed E-state index contributed by atoms with van der Waals surface area (Å²) < 4.78 is 0. The molecular formula is C10H18N2O3. The number of carbonyl (C=O) groups excluding carboxylic acids is 1. The van der Waals surface area contributed by atoms with E-state index in [1.54, 1.807) is 6.92 Å². The van der Waals surface area contributed by atoms with Crippen molar-refractivity contribution in [3.05, 3.63) is 12.2 Å². The van der Waals surface area contributed by atoms with Crippen molar-refractivity contribution in [3.63, 3.8) is 0 Å². The minimum atomic E-state index is -1.01. The summed E-state index contributed by atoms with van der Waals surface area (Å²) in [6, 6.07) is -1.29. The molecular weight excluding hydrogens is 196 g/mol. The number of carbonyl (C=O) groups is 2. The van der Waals surface area contributed by atoms with Gasteiger partial charge < -0.3 is 15.7 Å². The van der Waals surface area contributed by atoms with Gasteiger partial charge in [-0.15, -0.1) is 0 Å². The maximum atomic E-state index is 11.2. The number of hydrogen-bond donors (Lipinski definition) is 3. The molecule has 2 amide bonds. The Morgan fingerprint density at radius 3 is 2.47 bits per heavy atom. The van der Waals surface area contributed by atoms with Gasteiger partial charge in [-0.1, -0.05) is 25.5 Å². The normalized spacial score (nSPS) is 11.6. The van der Waals surface area contributed by atoms with E-state index in [1.807, 2.05) is 6.92 Å². The second-order valence-corrected chi connectivity index (χ2v) is 3.46. The second-order valence-electron chi connectivity index (χ2n) is 3.46. The lowest BCUT2D eigenvalue weighted by Crippen LogP contribution is -2.46. The number of hydrogen-bond acceptors (Lipinski definition) is 2. The minimum absolute atomic E-state index is 0.351. The zero-order valence-corrected chi connectivity index (χ0v) is 9.17. The molecule has 0 aliphatic rings. The minimum Gasteiger partial charge on any atom is -0.480 e. The van der Waals surface area contributed by atoms with Crippen molar-refractivity contribution < 1.29 is 14.7 Å². The number of nitrogens with one attached hydrogen (secondary N) is 2. The van der Waals surface area contributed by atoms with Crippen molar-refractivity contribution in [2.75, 3.05) is 6.54 Å². The number of carboxylic acid groups (broad SMARTS) is 1. The van der Waals surface area contributed by atoms with Gasteiger partial charge in [-0.25, -0.2) is 9.59 Å². The van der Waals surface area contributed by atoms with Gasteiger partial charge in [0.1, 0.15) is 6.04 Å². The van der Waals surface area contributed by atoms with Crippen LogP contribution in [0.4, 0.5) is 4.79 Å². The van der Waals surface area contributed by atoms with E-state index < -0.39 is 18.0 Å². The van der Waals surface area contributed by atoms with Crippen LogP contribution in [0.25, 0.3) is 0 Å². The fourth-order valence-electron chi connectivity index (χ4n) is 0.986. The van der Waals surface area contributed by atoms with Crippen LogP contribution >= 0.6 is 0 Å². The van der Waals surface area contributed by atoms with E-state index in [4.69, 9.17) is 5.11 Å². The maximum Gasteiger partial charge on any atom is 0.326 e. The Morgan fingerprint density at radius 2 is 2.07 bits per heavy atom. The smallest absolute Gasteiger partial charge is 0.326 e. The molecule has 0 spiro atoms. The van der Waals surface area contributed by atoms with Crippen LogP contribution in [0, 0.1) is 0 Å². The molecule has 1 atom stereocenters. The third kappa shape index (κ3) is 6.54. The monoisotopic (exact) mass is 214 g/mol. The predicted molar refractivity (Wildman–Crippen MR) is 57.7 cm³/mol. The van der Waals surface area contributed by atoms with Crippen molar-refractivity contribution >= 4 is 12.0 Å². The Balaban J connectivity index is 3.99. The van der Waals surface area contributed by atoms with Crippen LogP contribution in [0.3, 0.4) is 0 Å². The van der Waals surface area contributed by atoms with Gasteiger partial charge in [0.2, 0.25) is 0 Å². The summed E-state index contributed by atoms with van der Waals surface area (Å²) in [5, 5.41) is 13.7. The quantitative estimate of drug-likeness (QED) is 0.580. The third-order valence-electron chi connectivity index (χ3n) is 1.73. The summed E-state index contributed by atoms with van der Waals surface area (Å²) in [5.41, 5.74) is 0.813. The van der Waals surface area contributed by atoms with Gasteiger partial charge in [-0.05, 0) is 13.3 Å². The highest BCUT2D eigenvalue weighted by Gasteiger charge is 2.18. The molecule has 0 radical (unpaired) electrons. The van der Waals surface area contributed by atoms with E-state index in [1.165, 1.54) is 0 Å². The summed E-state index contributed by atoms with van der Waals surface area (Å²) in [4.78, 5) is 21.9. The maximum absolute atomic E-state index is 11.2. The van der Waals surface area contributed by atoms with Crippen molar-refractivity contribution in [2.45, 2.75) is 32.7 Å². The van der Waals surface area contributed by atoms with Crippen LogP contribution in [0.5, 0.6) is 0 Å². The molecule has 0 aromatic rings. The zero-order chi connectivity index (χ0) is 11.8. The lowest BCUT2D eigenvalue weighted by molar-refractivity contribution is -0.139. The largest absolute Gasteiger partial charge is 0.480 e. The molecule has 3 N–H and O–H groups in total. The Hall–Kier alpha value is -1.52. The molecule has 0 fully saturated rings. The highest BCUT2D eigenvalue weighted by Crippen LogP contribution is 1.96. The lowest BCUT2D eigenvalue weighted by atomic mass is 10.2. The lowest BCUT2D eigenvalue weighted by Gasteiger charge is -2.14. The molecule has 86 valence electrons. The van der Waals surface area contributed by atoms with Crippen LogP contribution in [-0.2, 0) is 4.79 Å². The van der Waals surface area contributed by atoms with Gasteiger partial charge in [0.05, 0.1) is 0 Å². The summed E-state index contributed by atoms with van der Waals surface area (Å²) in [6.45, 7) is 7.61. The fourth-order valence-corrected chi connectivity index (χ4v) is 0.986. The van der Waals surface area contributed by atoms with E-state index in [9.17, 15) is 9.59 Å². The van der Waals surface area contributed by atoms with Gasteiger partial charge in [0, 0.05) is 6.54 Å². The summed E-state index contributed by atoms with van der Waals surface area (Å²) in [7, 11) is 0. The van der Waals surface area contributed by atoms with Crippen LogP contribution in [0.1, 0.15) is 26.7 Å². The van der Waals surface area contributed by atoms with Crippen LogP contribution in [0.2, 0.25) is 0 Å². The molecule has 0 aromatic heterocycles. The number of amides is 2. The standard InChI is InChI=1S/C10H18N2O3/c1-4-5-8(9(13)14)12-10(15)11-6-7(2)3/h8H,2,4-6H2,1,3H3,(H,13,14)(H2,11,12,15)/t8-/m1/s1. The molecule has 0 heterocycles. The van der Waals surface area contributed by atoms with Crippen LogP contribution < -0.4 is 10.6 Å². The highest BCUT2D eigenvalue weighted by atomic mass is 16.4. The van der Waals surface area contributed by atoms with Gasteiger partial charge >= 0.3 is 12.0 Å². The second kappa shape index (κ2) is 6.86. The third-order valence-corrected chi connectivity index (χ3v) is 1.73. The molecule has 0 rings (SSSR count). The molecule has 0 bridgehead atoms. The van der Waals surface area contributed by atoms with E-state index in [2.05, 4.69) is 17.2 Å². The number of urea groups is 1. The fraction of sp³-hybridized carbons (Fsp3) is 0.600. The number of carboxylic acids is 1. The van der Waals surface area contributed by atoms with E-state index in [0.29, 0.717) is 19.4 Å². The summed E-state index contributed by atoms with van der Waals surface area (Å²) in [5.74, 6) is -1.01. The van der Waals surface area contributed by atoms with Crippen molar-refractivity contribution in [3.8, 4) is 0 Å². The first-order valence-corrected chi connectivity index (χ1v) is 4.89. The molecule has 0 saturated carbocycles. The average Bonchev–Trinajstić information content (AvgIpc) is 2.14. The summed E-state index contributed by atoms with van der Waals surface area (Å²) >= 11 is 0. The van der Waals surface area contributed by atoms with Crippen molar-refractivity contribution in [1.82, 2.24) is 10.6 Å². The molecule has 0 aliphatic heterocycles. The zero-order valence-electron chi connectivity index (χ0n) is 9.17. The average molecular weight is 214 g/mol. The Labute approximate surface area is 89.6 Å². The first kappa shape index (κ1) is 13.5. The first-order chi connectivity index (χ1) is 6.97. The Morgan fingerprint density at radius 1 is 1.47 bits per heavy atom. The van der Waals surface area contributed by atoms with E-state index >= 15 is 0 Å². The SMILES string of the molecule is C=C(C)CNC(=O)N[C@H](CCC)C(=O)O. The molecule has 0 saturated heterocycles. The number of aliphatic carboxylic acids is 1. The molecule has 5 heteroatoms. The topological polar surface area (TPSA) is 78.4 Å². The Kier molecular flexibility index (Phi) is 6.17. The van der Waals surface area contributed by atoms with E-state index in [0.717, 1.165) is 5.57 Å². The molecule has 0 aliphatic carbocycles. The Bertz CT molecular complexity index is 251. The van der Waals surface area contributed by atoms with Gasteiger partial charge in [-0.3, -0.25) is 0 Å². The molecule has 0 aromatic carbocycles. The molecule has 5 nitrogen and oxygen atoms in total. The summed E-state index contributed by atoms with van der Waals surface area (Å²) in [6.07, 6.45) is 1.13. The first-order valence-electron chi connectivity index (χ1n) is 4.89. The predicted octanol–water partition coefficient (Wildman–Crippen LogP) is 1.11. The van der Waals surface area contributed by atoms with Crippen LogP contribution in [0.15, 0.2) is 12.2 Å². The van der Waals surface area contributed by atoms with E-state index in [-0.39, 0.29) is 0 Å². The highest BCUT2D eigenvalue weighted by molar-refractivity contribution is 5.82. The molecule has 0 unspecified atom stereocenters. The van der Waals surface area contributed by atoms with Crippen molar-refractivity contribution in [1.29, 1.82) is 0 Å². The number of rotatable bonds is 6.